The molecule has 1 amide bonds. The van der Waals surface area contributed by atoms with Crippen molar-refractivity contribution in [1.82, 2.24) is 4.37 Å². The summed E-state index contributed by atoms with van der Waals surface area (Å²) in [6, 6.07) is 1.92. The van der Waals surface area contributed by atoms with Gasteiger partial charge < -0.3 is 10.0 Å². The second-order valence-electron chi connectivity index (χ2n) is 3.36. The maximum Gasteiger partial charge on any atom is 0.340 e. The lowest BCUT2D eigenvalue weighted by atomic mass is 10.2. The average molecular weight is 285 g/mol. The Labute approximate surface area is 112 Å². The number of thioether (sulfide) groups is 1. The molecular weight excluding hydrogens is 274 g/mol. The first-order valence-electron chi connectivity index (χ1n) is 4.89. The molecule has 0 saturated heterocycles. The summed E-state index contributed by atoms with van der Waals surface area (Å²) in [5, 5.41) is 17.8. The van der Waals surface area contributed by atoms with Crippen LogP contribution >= 0.6 is 23.3 Å². The Morgan fingerprint density at radius 3 is 2.83 bits per heavy atom. The van der Waals surface area contributed by atoms with Crippen LogP contribution in [0.3, 0.4) is 0 Å². The first-order chi connectivity index (χ1) is 8.49. The summed E-state index contributed by atoms with van der Waals surface area (Å²) in [6.07, 6.45) is 0. The molecule has 0 saturated carbocycles. The standard InChI is InChI=1S/C10H11N3O3S2/c1-6-8(10(15)16)9(18-12-6)13(2)7(14)5-17-4-3-11/h4-5H2,1-2H3,(H,15,16). The van der Waals surface area contributed by atoms with Crippen LogP contribution in [0.15, 0.2) is 0 Å². The van der Waals surface area contributed by atoms with E-state index in [1.807, 2.05) is 6.07 Å². The molecule has 0 aromatic carbocycles. The molecule has 0 aliphatic carbocycles. The van der Waals surface area contributed by atoms with Crippen molar-refractivity contribution in [3.05, 3.63) is 11.3 Å². The van der Waals surface area contributed by atoms with Crippen LogP contribution in [0.5, 0.6) is 0 Å². The number of anilines is 1. The van der Waals surface area contributed by atoms with E-state index in [2.05, 4.69) is 4.37 Å². The highest BCUT2D eigenvalue weighted by Crippen LogP contribution is 2.28. The summed E-state index contributed by atoms with van der Waals surface area (Å²) in [4.78, 5) is 24.1. The largest absolute Gasteiger partial charge is 0.478 e. The van der Waals surface area contributed by atoms with Crippen molar-refractivity contribution in [2.24, 2.45) is 0 Å². The van der Waals surface area contributed by atoms with E-state index in [4.69, 9.17) is 10.4 Å². The highest BCUT2D eigenvalue weighted by atomic mass is 32.2. The van der Waals surface area contributed by atoms with Gasteiger partial charge in [0.25, 0.3) is 0 Å². The molecule has 0 unspecified atom stereocenters. The van der Waals surface area contributed by atoms with Crippen LogP contribution in [-0.2, 0) is 4.79 Å². The van der Waals surface area contributed by atoms with Crippen molar-refractivity contribution >= 4 is 40.2 Å². The monoisotopic (exact) mass is 285 g/mol. The van der Waals surface area contributed by atoms with E-state index in [1.54, 1.807) is 6.92 Å². The molecule has 1 heterocycles. The molecule has 1 rings (SSSR count). The van der Waals surface area contributed by atoms with Gasteiger partial charge >= 0.3 is 5.97 Å². The molecule has 0 radical (unpaired) electrons. The zero-order valence-electron chi connectivity index (χ0n) is 9.84. The van der Waals surface area contributed by atoms with E-state index in [9.17, 15) is 9.59 Å². The fourth-order valence-corrected chi connectivity index (χ4v) is 2.65. The third-order valence-electron chi connectivity index (χ3n) is 2.13. The fraction of sp³-hybridized carbons (Fsp3) is 0.400. The van der Waals surface area contributed by atoms with Gasteiger partial charge in [-0.1, -0.05) is 0 Å². The van der Waals surface area contributed by atoms with Crippen LogP contribution in [0.25, 0.3) is 0 Å². The quantitative estimate of drug-likeness (QED) is 0.821. The lowest BCUT2D eigenvalue weighted by Gasteiger charge is -2.15. The molecule has 0 fully saturated rings. The molecule has 0 bridgehead atoms. The molecular formula is C10H11N3O3S2. The Balaban J connectivity index is 2.84. The summed E-state index contributed by atoms with van der Waals surface area (Å²) in [7, 11) is 1.51. The number of carbonyl (C=O) groups excluding carboxylic acids is 1. The number of carboxylic acids is 1. The van der Waals surface area contributed by atoms with E-state index < -0.39 is 5.97 Å². The minimum Gasteiger partial charge on any atom is -0.478 e. The SMILES string of the molecule is Cc1nsc(N(C)C(=O)CSCC#N)c1C(=O)O. The Hall–Kier alpha value is -1.59. The highest BCUT2D eigenvalue weighted by molar-refractivity contribution is 8.00. The van der Waals surface area contributed by atoms with Crippen LogP contribution in [0.1, 0.15) is 16.1 Å². The molecule has 1 N–H and O–H groups in total. The molecule has 96 valence electrons. The number of hydrogen-bond donors (Lipinski definition) is 1. The molecule has 0 aliphatic heterocycles. The number of aromatic carboxylic acids is 1. The van der Waals surface area contributed by atoms with Crippen molar-refractivity contribution in [1.29, 1.82) is 5.26 Å². The predicted octanol–water partition coefficient (Wildman–Crippen LogP) is 1.37. The molecule has 0 aliphatic rings. The summed E-state index contributed by atoms with van der Waals surface area (Å²) in [6.45, 7) is 1.59. The summed E-state index contributed by atoms with van der Waals surface area (Å²) >= 11 is 2.17. The van der Waals surface area contributed by atoms with Gasteiger partial charge in [0.1, 0.15) is 10.6 Å². The molecule has 0 atom stereocenters. The zero-order chi connectivity index (χ0) is 13.7. The van der Waals surface area contributed by atoms with Crippen molar-refractivity contribution in [2.75, 3.05) is 23.5 Å². The lowest BCUT2D eigenvalue weighted by molar-refractivity contribution is -0.115. The predicted molar refractivity (Wildman–Crippen MR) is 70.2 cm³/mol. The van der Waals surface area contributed by atoms with Crippen LogP contribution in [0.4, 0.5) is 5.00 Å². The Morgan fingerprint density at radius 2 is 2.28 bits per heavy atom. The smallest absolute Gasteiger partial charge is 0.340 e. The summed E-state index contributed by atoms with van der Waals surface area (Å²) in [5.41, 5.74) is 0.452. The first kappa shape index (κ1) is 14.5. The van der Waals surface area contributed by atoms with Crippen LogP contribution in [-0.4, -0.2) is 39.9 Å². The molecule has 18 heavy (non-hydrogen) atoms. The molecule has 8 heteroatoms. The minimum atomic E-state index is -1.10. The van der Waals surface area contributed by atoms with E-state index in [-0.39, 0.29) is 23.0 Å². The third-order valence-corrected chi connectivity index (χ3v) is 3.93. The van der Waals surface area contributed by atoms with Crippen LogP contribution < -0.4 is 4.90 Å². The maximum absolute atomic E-state index is 11.8. The van der Waals surface area contributed by atoms with Gasteiger partial charge in [0, 0.05) is 7.05 Å². The topological polar surface area (TPSA) is 94.3 Å². The van der Waals surface area contributed by atoms with Gasteiger partial charge in [-0.2, -0.15) is 9.64 Å². The van der Waals surface area contributed by atoms with Crippen LogP contribution in [0.2, 0.25) is 0 Å². The number of rotatable bonds is 5. The van der Waals surface area contributed by atoms with Crippen molar-refractivity contribution < 1.29 is 14.7 Å². The van der Waals surface area contributed by atoms with Crippen molar-refractivity contribution in [2.45, 2.75) is 6.92 Å². The number of aryl methyl sites for hydroxylation is 1. The van der Waals surface area contributed by atoms with Crippen molar-refractivity contribution in [3.8, 4) is 6.07 Å². The molecule has 0 spiro atoms. The minimum absolute atomic E-state index is 0.0566. The molecule has 1 aromatic heterocycles. The van der Waals surface area contributed by atoms with E-state index in [1.165, 1.54) is 23.7 Å². The molecule has 6 nitrogen and oxygen atoms in total. The summed E-state index contributed by atoms with van der Waals surface area (Å²) < 4.78 is 3.95. The zero-order valence-corrected chi connectivity index (χ0v) is 11.5. The van der Waals surface area contributed by atoms with Gasteiger partial charge in [0.15, 0.2) is 0 Å². The second kappa shape index (κ2) is 6.37. The Morgan fingerprint density at radius 1 is 1.61 bits per heavy atom. The summed E-state index contributed by atoms with van der Waals surface area (Å²) in [5.74, 6) is -0.977. The second-order valence-corrected chi connectivity index (χ2v) is 5.09. The number of aromatic nitrogens is 1. The average Bonchev–Trinajstić information content (AvgIpc) is 2.70. The van der Waals surface area contributed by atoms with E-state index in [0.29, 0.717) is 10.7 Å². The molecule has 1 aromatic rings. The van der Waals surface area contributed by atoms with Gasteiger partial charge in [0.05, 0.1) is 23.3 Å². The highest BCUT2D eigenvalue weighted by Gasteiger charge is 2.23. The fourth-order valence-electron chi connectivity index (χ4n) is 1.23. The van der Waals surface area contributed by atoms with Gasteiger partial charge in [-0.25, -0.2) is 4.79 Å². The number of hydrogen-bond acceptors (Lipinski definition) is 6. The number of amides is 1. The van der Waals surface area contributed by atoms with Gasteiger partial charge in [0.2, 0.25) is 5.91 Å². The lowest BCUT2D eigenvalue weighted by Crippen LogP contribution is -2.28. The van der Waals surface area contributed by atoms with Gasteiger partial charge in [-0.3, -0.25) is 4.79 Å². The normalized spacial score (nSPS) is 9.83. The maximum atomic E-state index is 11.8. The van der Waals surface area contributed by atoms with Crippen LogP contribution in [0, 0.1) is 18.3 Å². The van der Waals surface area contributed by atoms with Gasteiger partial charge in [-0.15, -0.1) is 11.8 Å². The number of nitriles is 1. The number of carboxylic acid groups (broad SMARTS) is 1. The Bertz CT molecular complexity index is 507. The first-order valence-corrected chi connectivity index (χ1v) is 6.82. The number of carbonyl (C=O) groups is 2. The van der Waals surface area contributed by atoms with Gasteiger partial charge in [-0.05, 0) is 18.5 Å². The van der Waals surface area contributed by atoms with E-state index >= 15 is 0 Å². The van der Waals surface area contributed by atoms with E-state index in [0.717, 1.165) is 11.5 Å². The third kappa shape index (κ3) is 3.21. The Kier molecular flexibility index (Phi) is 5.12. The van der Waals surface area contributed by atoms with Crippen molar-refractivity contribution in [3.63, 3.8) is 0 Å². The number of nitrogens with zero attached hydrogens (tertiary/aromatic N) is 3.